The van der Waals surface area contributed by atoms with Gasteiger partial charge in [0, 0.05) is 25.5 Å². The summed E-state index contributed by atoms with van der Waals surface area (Å²) in [5, 5.41) is 6.52. The molecule has 0 radical (unpaired) electrons. The molecule has 28 heavy (non-hydrogen) atoms. The van der Waals surface area contributed by atoms with E-state index in [1.54, 1.807) is 29.4 Å². The summed E-state index contributed by atoms with van der Waals surface area (Å²) in [5.41, 5.74) is 3.70. The molecule has 1 aromatic heterocycles. The summed E-state index contributed by atoms with van der Waals surface area (Å²) in [7, 11) is 0. The molecule has 0 atom stereocenters. The summed E-state index contributed by atoms with van der Waals surface area (Å²) in [6.45, 7) is 5.92. The predicted octanol–water partition coefficient (Wildman–Crippen LogP) is 4.19. The lowest BCUT2D eigenvalue weighted by Gasteiger charge is -2.12. The maximum atomic E-state index is 14.4. The van der Waals surface area contributed by atoms with Crippen LogP contribution in [-0.4, -0.2) is 22.1 Å². The molecule has 0 spiro atoms. The van der Waals surface area contributed by atoms with Gasteiger partial charge in [-0.15, -0.1) is 24.0 Å². The van der Waals surface area contributed by atoms with Gasteiger partial charge in [-0.05, 0) is 37.1 Å². The van der Waals surface area contributed by atoms with Gasteiger partial charge in [-0.3, -0.25) is 0 Å². The fourth-order valence-electron chi connectivity index (χ4n) is 2.66. The number of hydrogen-bond donors (Lipinski definition) is 2. The van der Waals surface area contributed by atoms with E-state index in [0.717, 1.165) is 12.1 Å². The zero-order valence-corrected chi connectivity index (χ0v) is 18.4. The number of aliphatic imine (C=N–C) groups is 1. The van der Waals surface area contributed by atoms with E-state index in [-0.39, 0.29) is 29.8 Å². The maximum Gasteiger partial charge on any atom is 0.191 e. The van der Waals surface area contributed by atoms with Crippen molar-refractivity contribution in [2.24, 2.45) is 4.99 Å². The monoisotopic (exact) mass is 493 g/mol. The number of guanidine groups is 1. The van der Waals surface area contributed by atoms with Crippen molar-refractivity contribution in [3.63, 3.8) is 0 Å². The SMILES string of the molecule is CCNC(=NCc1ccc(-n2ccnc2)c(F)c1)NCc1ccc(C)cc1.I. The quantitative estimate of drug-likeness (QED) is 0.308. The van der Waals surface area contributed by atoms with Crippen LogP contribution in [0, 0.1) is 12.7 Å². The summed E-state index contributed by atoms with van der Waals surface area (Å²) in [4.78, 5) is 8.51. The third kappa shape index (κ3) is 6.05. The van der Waals surface area contributed by atoms with Crippen LogP contribution in [0.5, 0.6) is 0 Å². The number of hydrogen-bond acceptors (Lipinski definition) is 2. The van der Waals surface area contributed by atoms with Gasteiger partial charge in [0.15, 0.2) is 5.96 Å². The van der Waals surface area contributed by atoms with E-state index in [1.165, 1.54) is 17.2 Å². The smallest absolute Gasteiger partial charge is 0.191 e. The van der Waals surface area contributed by atoms with Crippen molar-refractivity contribution >= 4 is 29.9 Å². The number of aryl methyl sites for hydroxylation is 1. The zero-order valence-electron chi connectivity index (χ0n) is 16.0. The predicted molar refractivity (Wildman–Crippen MR) is 122 cm³/mol. The van der Waals surface area contributed by atoms with Crippen molar-refractivity contribution in [2.45, 2.75) is 26.9 Å². The zero-order chi connectivity index (χ0) is 19.1. The van der Waals surface area contributed by atoms with Gasteiger partial charge >= 0.3 is 0 Å². The second-order valence-electron chi connectivity index (χ2n) is 6.29. The fraction of sp³-hybridized carbons (Fsp3) is 0.238. The lowest BCUT2D eigenvalue weighted by molar-refractivity contribution is 0.615. The molecule has 2 N–H and O–H groups in total. The highest BCUT2D eigenvalue weighted by Crippen LogP contribution is 2.15. The van der Waals surface area contributed by atoms with Crippen LogP contribution >= 0.6 is 24.0 Å². The van der Waals surface area contributed by atoms with Crippen molar-refractivity contribution < 1.29 is 4.39 Å². The second-order valence-corrected chi connectivity index (χ2v) is 6.29. The number of nitrogens with one attached hydrogen (secondary N) is 2. The first-order chi connectivity index (χ1) is 13.2. The highest BCUT2D eigenvalue weighted by Gasteiger charge is 2.06. The molecule has 0 fully saturated rings. The number of rotatable bonds is 6. The summed E-state index contributed by atoms with van der Waals surface area (Å²) in [6, 6.07) is 13.5. The number of imidazole rings is 1. The summed E-state index contributed by atoms with van der Waals surface area (Å²) < 4.78 is 16.0. The van der Waals surface area contributed by atoms with E-state index >= 15 is 0 Å². The molecule has 0 aliphatic carbocycles. The third-order valence-electron chi connectivity index (χ3n) is 4.14. The highest BCUT2D eigenvalue weighted by molar-refractivity contribution is 14.0. The van der Waals surface area contributed by atoms with Crippen LogP contribution < -0.4 is 10.6 Å². The molecule has 5 nitrogen and oxygen atoms in total. The Hall–Kier alpha value is -2.42. The topological polar surface area (TPSA) is 54.2 Å². The van der Waals surface area contributed by atoms with Crippen LogP contribution in [0.2, 0.25) is 0 Å². The lowest BCUT2D eigenvalue weighted by Crippen LogP contribution is -2.36. The second kappa shape index (κ2) is 10.8. The Balaban J connectivity index is 0.00000280. The van der Waals surface area contributed by atoms with Crippen molar-refractivity contribution in [3.05, 3.63) is 83.7 Å². The van der Waals surface area contributed by atoms with Crippen LogP contribution in [0.4, 0.5) is 4.39 Å². The van der Waals surface area contributed by atoms with Crippen LogP contribution in [-0.2, 0) is 13.1 Å². The average Bonchev–Trinajstić information content (AvgIpc) is 3.20. The molecule has 0 bridgehead atoms. The van der Waals surface area contributed by atoms with Crippen LogP contribution in [0.25, 0.3) is 5.69 Å². The molecular weight excluding hydrogens is 468 g/mol. The van der Waals surface area contributed by atoms with Crippen molar-refractivity contribution in [3.8, 4) is 5.69 Å². The first kappa shape index (κ1) is 21.9. The van der Waals surface area contributed by atoms with E-state index < -0.39 is 0 Å². The number of halogens is 2. The largest absolute Gasteiger partial charge is 0.357 e. The molecule has 3 aromatic rings. The number of nitrogens with zero attached hydrogens (tertiary/aromatic N) is 3. The van der Waals surface area contributed by atoms with E-state index in [4.69, 9.17) is 0 Å². The van der Waals surface area contributed by atoms with Gasteiger partial charge in [0.1, 0.15) is 5.82 Å². The summed E-state index contributed by atoms with van der Waals surface area (Å²) >= 11 is 0. The van der Waals surface area contributed by atoms with E-state index in [9.17, 15) is 4.39 Å². The number of benzene rings is 2. The standard InChI is InChI=1S/C21H24FN5.HI/c1-3-24-21(25-13-17-6-4-16(2)5-7-17)26-14-18-8-9-20(19(22)12-18)27-11-10-23-15-27;/h4-12,15H,3,13-14H2,1-2H3,(H2,24,25,26);1H. The molecule has 7 heteroatoms. The molecule has 2 aromatic carbocycles. The van der Waals surface area contributed by atoms with Crippen LogP contribution in [0.1, 0.15) is 23.6 Å². The van der Waals surface area contributed by atoms with E-state index in [2.05, 4.69) is 51.8 Å². The Morgan fingerprint density at radius 1 is 1.11 bits per heavy atom. The minimum atomic E-state index is -0.293. The van der Waals surface area contributed by atoms with Gasteiger partial charge < -0.3 is 15.2 Å². The third-order valence-corrected chi connectivity index (χ3v) is 4.14. The molecule has 1 heterocycles. The molecule has 0 aliphatic rings. The number of aromatic nitrogens is 2. The van der Waals surface area contributed by atoms with Gasteiger partial charge in [-0.25, -0.2) is 14.4 Å². The Bertz CT molecular complexity index is 892. The average molecular weight is 493 g/mol. The van der Waals surface area contributed by atoms with Gasteiger partial charge in [0.2, 0.25) is 0 Å². The Morgan fingerprint density at radius 3 is 2.50 bits per heavy atom. The van der Waals surface area contributed by atoms with Gasteiger partial charge in [0.25, 0.3) is 0 Å². The van der Waals surface area contributed by atoms with Gasteiger partial charge in [-0.2, -0.15) is 0 Å². The molecule has 148 valence electrons. The minimum Gasteiger partial charge on any atom is -0.357 e. The van der Waals surface area contributed by atoms with E-state index in [0.29, 0.717) is 24.7 Å². The first-order valence-electron chi connectivity index (χ1n) is 9.00. The normalized spacial score (nSPS) is 11.0. The molecule has 0 saturated heterocycles. The van der Waals surface area contributed by atoms with Crippen LogP contribution in [0.15, 0.2) is 66.2 Å². The Kier molecular flexibility index (Phi) is 8.43. The Labute approximate surface area is 182 Å². The Morgan fingerprint density at radius 2 is 1.86 bits per heavy atom. The van der Waals surface area contributed by atoms with Gasteiger partial charge in [0.05, 0.1) is 18.6 Å². The molecule has 0 aliphatic heterocycles. The summed E-state index contributed by atoms with van der Waals surface area (Å²) in [5.74, 6) is 0.412. The minimum absolute atomic E-state index is 0. The summed E-state index contributed by atoms with van der Waals surface area (Å²) in [6.07, 6.45) is 4.92. The fourth-order valence-corrected chi connectivity index (χ4v) is 2.66. The molecular formula is C21H25FIN5. The van der Waals surface area contributed by atoms with Crippen molar-refractivity contribution in [1.29, 1.82) is 0 Å². The first-order valence-corrected chi connectivity index (χ1v) is 9.00. The maximum absolute atomic E-state index is 14.4. The van der Waals surface area contributed by atoms with Crippen LogP contribution in [0.3, 0.4) is 0 Å². The van der Waals surface area contributed by atoms with Crippen molar-refractivity contribution in [1.82, 2.24) is 20.2 Å². The lowest BCUT2D eigenvalue weighted by atomic mass is 10.1. The van der Waals surface area contributed by atoms with Gasteiger partial charge in [-0.1, -0.05) is 35.9 Å². The highest BCUT2D eigenvalue weighted by atomic mass is 127. The molecule has 0 unspecified atom stereocenters. The molecule has 0 amide bonds. The van der Waals surface area contributed by atoms with Crippen molar-refractivity contribution in [2.75, 3.05) is 6.54 Å². The molecule has 0 saturated carbocycles. The van der Waals surface area contributed by atoms with E-state index in [1.807, 2.05) is 13.0 Å². The molecule has 3 rings (SSSR count).